The summed E-state index contributed by atoms with van der Waals surface area (Å²) >= 11 is 12.8. The first-order valence-electron chi connectivity index (χ1n) is 14.3. The van der Waals surface area contributed by atoms with Crippen molar-refractivity contribution in [2.24, 2.45) is 16.3 Å². The molecule has 0 radical (unpaired) electrons. The average molecular weight is 674 g/mol. The van der Waals surface area contributed by atoms with E-state index in [1.807, 2.05) is 33.8 Å². The lowest BCUT2D eigenvalue weighted by Crippen LogP contribution is -2.49. The lowest BCUT2D eigenvalue weighted by molar-refractivity contribution is -0.126. The number of amides is 1. The number of phenolic OH excluding ortho intramolecular Hbond substituents is 1. The van der Waals surface area contributed by atoms with Crippen LogP contribution in [-0.2, 0) is 4.79 Å². The Morgan fingerprint density at radius 1 is 1.17 bits per heavy atom. The largest absolute Gasteiger partial charge is 0.504 e. The van der Waals surface area contributed by atoms with Gasteiger partial charge in [-0.3, -0.25) is 19.1 Å². The molecule has 46 heavy (non-hydrogen) atoms. The second-order valence-electron chi connectivity index (χ2n) is 11.9. The Morgan fingerprint density at radius 2 is 1.83 bits per heavy atom. The second-order valence-corrected chi connectivity index (χ2v) is 12.7. The third-order valence-corrected chi connectivity index (χ3v) is 8.99. The number of hydrogen-bond acceptors (Lipinski definition) is 7. The molecule has 1 atom stereocenters. The lowest BCUT2D eigenvalue weighted by Gasteiger charge is -2.40. The van der Waals surface area contributed by atoms with Gasteiger partial charge >= 0.3 is 0 Å². The van der Waals surface area contributed by atoms with Crippen LogP contribution in [0.1, 0.15) is 39.3 Å². The van der Waals surface area contributed by atoms with Gasteiger partial charge in [-0.25, -0.2) is 13.8 Å². The number of benzene rings is 1. The molecule has 0 aliphatic carbocycles. The Bertz CT molecular complexity index is 1950. The minimum atomic E-state index is -1.98. The van der Waals surface area contributed by atoms with Crippen LogP contribution in [0.25, 0.3) is 22.3 Å². The van der Waals surface area contributed by atoms with Gasteiger partial charge in [-0.1, -0.05) is 63.6 Å². The second kappa shape index (κ2) is 12.1. The zero-order valence-corrected chi connectivity index (χ0v) is 26.8. The molecule has 0 spiro atoms. The summed E-state index contributed by atoms with van der Waals surface area (Å²) in [6, 6.07) is 2.62. The van der Waals surface area contributed by atoms with Gasteiger partial charge in [-0.15, -0.1) is 0 Å². The number of aromatic hydroxyl groups is 1. The van der Waals surface area contributed by atoms with Crippen molar-refractivity contribution in [2.45, 2.75) is 33.7 Å². The number of piperazine rings is 1. The number of phenols is 1. The minimum absolute atomic E-state index is 0.0506. The summed E-state index contributed by atoms with van der Waals surface area (Å²) < 4.78 is 44.7. The van der Waals surface area contributed by atoms with E-state index in [9.17, 15) is 33.1 Å². The molecule has 4 heterocycles. The summed E-state index contributed by atoms with van der Waals surface area (Å²) in [6.07, 6.45) is 4.65. The van der Waals surface area contributed by atoms with Crippen LogP contribution in [0, 0.1) is 40.1 Å². The van der Waals surface area contributed by atoms with Crippen LogP contribution in [0.15, 0.2) is 40.8 Å². The quantitative estimate of drug-likeness (QED) is 0.191. The number of aliphatic imine (C=N–C) groups is 1. The fraction of sp³-hybridized carbons (Fsp3) is 0.344. The topological polar surface area (TPSA) is 115 Å². The maximum absolute atomic E-state index is 14.7. The zero-order chi connectivity index (χ0) is 33.8. The third-order valence-electron chi connectivity index (χ3n) is 8.34. The summed E-state index contributed by atoms with van der Waals surface area (Å²) in [5.74, 6) is -7.40. The van der Waals surface area contributed by atoms with E-state index in [1.165, 1.54) is 16.7 Å². The van der Waals surface area contributed by atoms with Crippen molar-refractivity contribution in [3.8, 4) is 23.1 Å². The number of carbonyl (C=O) groups is 1. The molecule has 2 aromatic heterocycles. The van der Waals surface area contributed by atoms with Gasteiger partial charge in [0.2, 0.25) is 11.7 Å². The van der Waals surface area contributed by atoms with E-state index in [-0.39, 0.29) is 65.3 Å². The molecule has 2 aliphatic rings. The van der Waals surface area contributed by atoms with Crippen LogP contribution >= 0.6 is 23.2 Å². The number of hydrogen-bond donors (Lipinski definition) is 1. The van der Waals surface area contributed by atoms with Crippen molar-refractivity contribution < 1.29 is 23.1 Å². The first kappa shape index (κ1) is 33.0. The summed E-state index contributed by atoms with van der Waals surface area (Å²) in [5, 5.41) is 20.0. The molecule has 1 unspecified atom stereocenters. The number of halogens is 5. The minimum Gasteiger partial charge on any atom is -0.504 e. The molecule has 1 fully saturated rings. The molecule has 0 saturated carbocycles. The molecular formula is C32H29Cl2F3N6O3. The molecule has 9 nitrogen and oxygen atoms in total. The van der Waals surface area contributed by atoms with Crippen LogP contribution in [0.2, 0.25) is 10.0 Å². The van der Waals surface area contributed by atoms with Gasteiger partial charge in [-0.05, 0) is 18.1 Å². The number of pyridine rings is 2. The van der Waals surface area contributed by atoms with E-state index in [4.69, 9.17) is 23.2 Å². The smallest absolute Gasteiger partial charge is 0.272 e. The lowest BCUT2D eigenvalue weighted by atomic mass is 9.77. The van der Waals surface area contributed by atoms with Crippen LogP contribution in [-0.4, -0.2) is 57.4 Å². The number of nitriles is 1. The van der Waals surface area contributed by atoms with E-state index in [1.54, 1.807) is 16.0 Å². The van der Waals surface area contributed by atoms with Crippen molar-refractivity contribution >= 4 is 51.5 Å². The van der Waals surface area contributed by atoms with Gasteiger partial charge in [0.25, 0.3) is 5.56 Å². The van der Waals surface area contributed by atoms with Gasteiger partial charge in [0.1, 0.15) is 17.3 Å². The van der Waals surface area contributed by atoms with Crippen molar-refractivity contribution in [3.63, 3.8) is 0 Å². The normalized spacial score (nSPS) is 17.8. The third kappa shape index (κ3) is 5.21. The summed E-state index contributed by atoms with van der Waals surface area (Å²) in [6.45, 7) is 12.1. The van der Waals surface area contributed by atoms with Gasteiger partial charge in [-0.2, -0.15) is 9.65 Å². The molecule has 1 N–H and O–H groups in total. The molecule has 1 saturated heterocycles. The Labute approximate surface area is 272 Å². The highest BCUT2D eigenvalue weighted by molar-refractivity contribution is 6.37. The first-order valence-corrected chi connectivity index (χ1v) is 15.1. The maximum Gasteiger partial charge on any atom is 0.272 e. The highest BCUT2D eigenvalue weighted by atomic mass is 35.5. The Morgan fingerprint density at radius 3 is 2.41 bits per heavy atom. The number of anilines is 1. The summed E-state index contributed by atoms with van der Waals surface area (Å²) in [7, 11) is 0. The van der Waals surface area contributed by atoms with Gasteiger partial charge < -0.3 is 14.9 Å². The average Bonchev–Trinajstić information content (AvgIpc) is 3.02. The molecule has 14 heteroatoms. The fourth-order valence-electron chi connectivity index (χ4n) is 6.04. The molecule has 1 aromatic carbocycles. The molecule has 3 aromatic rings. The molecular weight excluding hydrogens is 644 g/mol. The Hall–Kier alpha value is -4.34. The molecule has 1 amide bonds. The van der Waals surface area contributed by atoms with Crippen LogP contribution in [0.3, 0.4) is 0 Å². The van der Waals surface area contributed by atoms with Gasteiger partial charge in [0, 0.05) is 48.9 Å². The molecule has 5 rings (SSSR count). The predicted molar refractivity (Wildman–Crippen MR) is 171 cm³/mol. The first-order chi connectivity index (χ1) is 21.7. The molecule has 0 bridgehead atoms. The van der Waals surface area contributed by atoms with Crippen LogP contribution in [0.4, 0.5) is 18.9 Å². The summed E-state index contributed by atoms with van der Waals surface area (Å²) in [4.78, 5) is 39.3. The number of carbonyl (C=O) groups excluding carboxylic acids is 1. The van der Waals surface area contributed by atoms with Crippen molar-refractivity contribution in [1.29, 1.82) is 5.26 Å². The highest BCUT2D eigenvalue weighted by Crippen LogP contribution is 2.46. The number of nitrogens with zero attached hydrogens (tertiary/aromatic N) is 6. The van der Waals surface area contributed by atoms with Gasteiger partial charge in [0.05, 0.1) is 33.0 Å². The highest BCUT2D eigenvalue weighted by Gasteiger charge is 2.40. The van der Waals surface area contributed by atoms with Crippen molar-refractivity contribution in [3.05, 3.63) is 74.4 Å². The van der Waals surface area contributed by atoms with Gasteiger partial charge in [0.15, 0.2) is 17.4 Å². The van der Waals surface area contributed by atoms with E-state index in [0.29, 0.717) is 5.71 Å². The predicted octanol–water partition coefficient (Wildman–Crippen LogP) is 6.39. The molecule has 240 valence electrons. The fourth-order valence-corrected chi connectivity index (χ4v) is 6.55. The van der Waals surface area contributed by atoms with E-state index in [0.717, 1.165) is 0 Å². The molecule has 2 aliphatic heterocycles. The van der Waals surface area contributed by atoms with Crippen LogP contribution < -0.4 is 10.5 Å². The van der Waals surface area contributed by atoms with E-state index in [2.05, 4.69) is 22.6 Å². The van der Waals surface area contributed by atoms with Crippen LogP contribution in [0.5, 0.6) is 5.75 Å². The number of fused-ring (bicyclic) bond motifs is 1. The maximum atomic E-state index is 14.7. The van der Waals surface area contributed by atoms with E-state index >= 15 is 0 Å². The number of rotatable bonds is 5. The zero-order valence-electron chi connectivity index (χ0n) is 25.3. The number of allylic oxidation sites excluding steroid dienone is 1. The summed E-state index contributed by atoms with van der Waals surface area (Å²) in [5.41, 5.74) is -2.08. The SMILES string of the molecule is C=CC(=O)N1CCN(c2c(C#N)c(=O)n(C3C(C(C)C)=NC=CC3(C)C)c3nc(-c4c(O)c(F)c(F)c(F)c4Cl)c(Cl)cc23)CC1. The Balaban J connectivity index is 1.90. The van der Waals surface area contributed by atoms with Crippen molar-refractivity contribution in [2.75, 3.05) is 31.1 Å². The Kier molecular flexibility index (Phi) is 8.70. The monoisotopic (exact) mass is 672 g/mol. The van der Waals surface area contributed by atoms with Crippen molar-refractivity contribution in [1.82, 2.24) is 14.5 Å². The van der Waals surface area contributed by atoms with E-state index < -0.39 is 56.5 Å². The standard InChI is InChI=1S/C32H29Cl2F3N6O3/c1-6-19(44)41-9-11-42(12-10-41)27-16-13-18(33)26(20-21(34)22(35)23(36)24(37)28(20)45)40-30(16)43(31(46)17(27)14-38)29-25(15(2)3)39-8-7-32(29,4)5/h6-8,13,15,29,45H,1,9-12H2,2-5H3. The number of aromatic nitrogens is 2.